The molecule has 0 aliphatic rings. The summed E-state index contributed by atoms with van der Waals surface area (Å²) in [6.07, 6.45) is 3.47. The molecule has 1 aromatic rings. The highest BCUT2D eigenvalue weighted by molar-refractivity contribution is 6.30. The average Bonchev–Trinajstić information content (AvgIpc) is 2.53. The van der Waals surface area contributed by atoms with E-state index in [4.69, 9.17) is 17.3 Å². The molecule has 5 nitrogen and oxygen atoms in total. The molecule has 0 saturated heterocycles. The van der Waals surface area contributed by atoms with Crippen LogP contribution in [0.3, 0.4) is 0 Å². The second-order valence-electron chi connectivity index (χ2n) is 5.59. The minimum absolute atomic E-state index is 0.0164. The number of nitrogens with one attached hydrogen (secondary N) is 2. The Morgan fingerprint density at radius 3 is 2.26 bits per heavy atom. The molecule has 4 N–H and O–H groups in total. The first kappa shape index (κ1) is 19.3. The second-order valence-corrected chi connectivity index (χ2v) is 6.03. The number of carbonyl (C=O) groups excluding carboxylic acids is 2. The van der Waals surface area contributed by atoms with Crippen LogP contribution in [0, 0.1) is 0 Å². The minimum atomic E-state index is -0.534. The lowest BCUT2D eigenvalue weighted by Gasteiger charge is -2.33. The summed E-state index contributed by atoms with van der Waals surface area (Å²) in [7, 11) is 0. The van der Waals surface area contributed by atoms with Crippen molar-refractivity contribution in [1.29, 1.82) is 0 Å². The van der Waals surface area contributed by atoms with Crippen molar-refractivity contribution in [2.75, 3.05) is 6.54 Å². The van der Waals surface area contributed by atoms with Crippen molar-refractivity contribution in [3.8, 4) is 0 Å². The molecule has 0 radical (unpaired) electrons. The summed E-state index contributed by atoms with van der Waals surface area (Å²) in [6.45, 7) is 4.62. The lowest BCUT2D eigenvalue weighted by atomic mass is 9.84. The van der Waals surface area contributed by atoms with Crippen LogP contribution in [0.4, 0.5) is 4.79 Å². The summed E-state index contributed by atoms with van der Waals surface area (Å²) in [6, 6.07) is 7.09. The van der Waals surface area contributed by atoms with Gasteiger partial charge in [0.2, 0.25) is 5.91 Å². The van der Waals surface area contributed by atoms with Gasteiger partial charge in [-0.15, -0.1) is 0 Å². The third-order valence-corrected chi connectivity index (χ3v) is 4.36. The maximum Gasteiger partial charge on any atom is 0.312 e. The molecule has 1 rings (SSSR count). The zero-order chi connectivity index (χ0) is 17.3. The van der Waals surface area contributed by atoms with Crippen molar-refractivity contribution in [2.24, 2.45) is 5.73 Å². The van der Waals surface area contributed by atoms with Gasteiger partial charge >= 0.3 is 6.03 Å². The minimum Gasteiger partial charge on any atom is -0.352 e. The second kappa shape index (κ2) is 9.40. The zero-order valence-corrected chi connectivity index (χ0v) is 14.6. The normalized spacial score (nSPS) is 11.1. The number of nitrogens with two attached hydrogens (primary N) is 1. The van der Waals surface area contributed by atoms with Crippen LogP contribution in [-0.4, -0.2) is 18.5 Å². The fraction of sp³-hybridized carbons (Fsp3) is 0.529. The molecule has 0 atom stereocenters. The number of benzene rings is 1. The van der Waals surface area contributed by atoms with E-state index >= 15 is 0 Å². The largest absolute Gasteiger partial charge is 0.352 e. The molecule has 128 valence electrons. The highest BCUT2D eigenvalue weighted by Gasteiger charge is 2.29. The first-order chi connectivity index (χ1) is 10.9. The third kappa shape index (κ3) is 6.10. The van der Waals surface area contributed by atoms with Crippen LogP contribution < -0.4 is 16.4 Å². The molecular weight excluding hydrogens is 314 g/mol. The van der Waals surface area contributed by atoms with Crippen LogP contribution in [0.25, 0.3) is 0 Å². The fourth-order valence-corrected chi connectivity index (χ4v) is 2.75. The van der Waals surface area contributed by atoms with Crippen molar-refractivity contribution >= 4 is 23.5 Å². The number of unbranched alkanes of at least 4 members (excludes halogenated alkanes) is 1. The smallest absolute Gasteiger partial charge is 0.312 e. The van der Waals surface area contributed by atoms with Crippen LogP contribution in [0.2, 0.25) is 5.02 Å². The topological polar surface area (TPSA) is 84.2 Å². The molecule has 3 amide bonds. The molecule has 0 heterocycles. The van der Waals surface area contributed by atoms with Gasteiger partial charge in [0, 0.05) is 18.0 Å². The van der Waals surface area contributed by atoms with Crippen LogP contribution >= 0.6 is 11.6 Å². The average molecular weight is 340 g/mol. The molecule has 0 spiro atoms. The van der Waals surface area contributed by atoms with Gasteiger partial charge < -0.3 is 16.4 Å². The van der Waals surface area contributed by atoms with Crippen molar-refractivity contribution < 1.29 is 9.59 Å². The number of primary amides is 1. The molecule has 23 heavy (non-hydrogen) atoms. The molecule has 1 aromatic carbocycles. The number of rotatable bonds is 9. The molecule has 6 heteroatoms. The van der Waals surface area contributed by atoms with E-state index in [2.05, 4.69) is 24.5 Å². The van der Waals surface area contributed by atoms with Crippen molar-refractivity contribution in [1.82, 2.24) is 10.6 Å². The van der Waals surface area contributed by atoms with Crippen LogP contribution in [0.15, 0.2) is 24.3 Å². The number of hydrogen-bond acceptors (Lipinski definition) is 2. The molecular formula is C17H26ClN3O2. The van der Waals surface area contributed by atoms with E-state index in [1.165, 1.54) is 0 Å². The number of carbonyl (C=O) groups is 2. The molecule has 0 aromatic heterocycles. The predicted octanol–water partition coefficient (Wildman–Crippen LogP) is 3.31. The van der Waals surface area contributed by atoms with Crippen LogP contribution in [0.5, 0.6) is 0 Å². The van der Waals surface area contributed by atoms with E-state index in [1.807, 2.05) is 24.3 Å². The molecule has 0 unspecified atom stereocenters. The summed E-state index contributed by atoms with van der Waals surface area (Å²) in [4.78, 5) is 22.8. The van der Waals surface area contributed by atoms with E-state index in [1.54, 1.807) is 0 Å². The van der Waals surface area contributed by atoms with Crippen LogP contribution in [-0.2, 0) is 10.3 Å². The van der Waals surface area contributed by atoms with E-state index in [-0.39, 0.29) is 11.4 Å². The summed E-state index contributed by atoms with van der Waals surface area (Å²) in [5, 5.41) is 6.37. The fourth-order valence-electron chi connectivity index (χ4n) is 2.63. The van der Waals surface area contributed by atoms with Crippen molar-refractivity contribution in [3.63, 3.8) is 0 Å². The van der Waals surface area contributed by atoms with Gasteiger partial charge in [-0.25, -0.2) is 4.79 Å². The van der Waals surface area contributed by atoms with Gasteiger partial charge in [0.25, 0.3) is 0 Å². The quantitative estimate of drug-likeness (QED) is 0.603. The Hall–Kier alpha value is -1.75. The highest BCUT2D eigenvalue weighted by atomic mass is 35.5. The number of halogens is 1. The highest BCUT2D eigenvalue weighted by Crippen LogP contribution is 2.29. The van der Waals surface area contributed by atoms with E-state index < -0.39 is 6.03 Å². The first-order valence-corrected chi connectivity index (χ1v) is 8.41. The van der Waals surface area contributed by atoms with Crippen molar-refractivity contribution in [3.05, 3.63) is 34.9 Å². The molecule has 0 bridgehead atoms. The monoisotopic (exact) mass is 339 g/mol. The summed E-state index contributed by atoms with van der Waals surface area (Å²) in [5.41, 5.74) is 5.69. The van der Waals surface area contributed by atoms with Gasteiger partial charge in [0.1, 0.15) is 0 Å². The van der Waals surface area contributed by atoms with Gasteiger partial charge in [-0.05, 0) is 43.4 Å². The third-order valence-electron chi connectivity index (χ3n) is 4.11. The lowest BCUT2D eigenvalue weighted by molar-refractivity contribution is -0.123. The van der Waals surface area contributed by atoms with Gasteiger partial charge in [-0.3, -0.25) is 4.79 Å². The van der Waals surface area contributed by atoms with Gasteiger partial charge in [0.05, 0.1) is 5.54 Å². The van der Waals surface area contributed by atoms with E-state index in [0.29, 0.717) is 24.4 Å². The molecule has 0 fully saturated rings. The Morgan fingerprint density at radius 2 is 1.74 bits per heavy atom. The maximum atomic E-state index is 12.3. The van der Waals surface area contributed by atoms with E-state index in [0.717, 1.165) is 24.8 Å². The Labute approximate surface area is 143 Å². The summed E-state index contributed by atoms with van der Waals surface area (Å²) >= 11 is 5.95. The molecule has 0 aliphatic heterocycles. The first-order valence-electron chi connectivity index (χ1n) is 8.04. The van der Waals surface area contributed by atoms with E-state index in [9.17, 15) is 9.59 Å². The Morgan fingerprint density at radius 1 is 1.13 bits per heavy atom. The number of urea groups is 1. The summed E-state index contributed by atoms with van der Waals surface area (Å²) in [5.74, 6) is 0.0164. The Balaban J connectivity index is 2.59. The number of hydrogen-bond donors (Lipinski definition) is 3. The Bertz CT molecular complexity index is 513. The molecule has 0 saturated carbocycles. The van der Waals surface area contributed by atoms with Crippen molar-refractivity contribution in [2.45, 2.75) is 51.5 Å². The Kier molecular flexibility index (Phi) is 7.89. The van der Waals surface area contributed by atoms with Gasteiger partial charge in [-0.1, -0.05) is 37.6 Å². The number of amides is 3. The SMILES string of the molecule is CCC(CC)(NC(=O)CCCCNC(N)=O)c1ccc(Cl)cc1. The van der Waals surface area contributed by atoms with Crippen LogP contribution in [0.1, 0.15) is 51.5 Å². The standard InChI is InChI=1S/C17H26ClN3O2/c1-3-17(4-2,13-8-10-14(18)11-9-13)21-15(22)7-5-6-12-20-16(19)23/h8-11H,3-7,12H2,1-2H3,(H,21,22)(H3,19,20,23). The van der Waals surface area contributed by atoms with Gasteiger partial charge in [-0.2, -0.15) is 0 Å². The van der Waals surface area contributed by atoms with Gasteiger partial charge in [0.15, 0.2) is 0 Å². The summed E-state index contributed by atoms with van der Waals surface area (Å²) < 4.78 is 0. The molecule has 0 aliphatic carbocycles. The lowest BCUT2D eigenvalue weighted by Crippen LogP contribution is -2.45. The zero-order valence-electron chi connectivity index (χ0n) is 13.8. The predicted molar refractivity (Wildman–Crippen MR) is 93.3 cm³/mol. The maximum absolute atomic E-state index is 12.3.